The summed E-state index contributed by atoms with van der Waals surface area (Å²) in [5, 5.41) is 10.2. The fraction of sp³-hybridized carbons (Fsp3) is 0.938. The van der Waals surface area contributed by atoms with Crippen LogP contribution >= 0.6 is 11.8 Å². The maximum absolute atomic E-state index is 10.2. The Balaban J connectivity index is 2.93. The zero-order chi connectivity index (χ0) is 14.2. The Morgan fingerprint density at radius 1 is 0.737 bits per heavy atom. The molecular formula is C16H31O2S. The van der Waals surface area contributed by atoms with Gasteiger partial charge in [0.1, 0.15) is 0 Å². The molecule has 1 radical (unpaired) electrons. The van der Waals surface area contributed by atoms with Crippen molar-refractivity contribution in [2.45, 2.75) is 84.0 Å². The van der Waals surface area contributed by atoms with Crippen molar-refractivity contribution < 1.29 is 9.90 Å². The van der Waals surface area contributed by atoms with Gasteiger partial charge in [0, 0.05) is 0 Å². The van der Waals surface area contributed by atoms with Gasteiger partial charge >= 0.3 is 5.97 Å². The molecule has 0 N–H and O–H groups in total. The Kier molecular flexibility index (Phi) is 15.7. The van der Waals surface area contributed by atoms with Crippen LogP contribution in [0.15, 0.2) is 0 Å². The van der Waals surface area contributed by atoms with Crippen LogP contribution in [0, 0.1) is 0 Å². The molecule has 0 spiro atoms. The maximum atomic E-state index is 10.2. The van der Waals surface area contributed by atoms with E-state index >= 15 is 0 Å². The molecule has 19 heavy (non-hydrogen) atoms. The second-order valence-electron chi connectivity index (χ2n) is 5.31. The number of hydrogen-bond donors (Lipinski definition) is 0. The normalized spacial score (nSPS) is 10.8. The van der Waals surface area contributed by atoms with E-state index in [0.717, 1.165) is 12.2 Å². The van der Waals surface area contributed by atoms with Crippen molar-refractivity contribution >= 4 is 17.7 Å². The molecule has 0 rings (SSSR count). The number of carbonyl (C=O) groups is 1. The van der Waals surface area contributed by atoms with Crippen LogP contribution in [-0.4, -0.2) is 17.5 Å². The minimum atomic E-state index is -0.941. The lowest BCUT2D eigenvalue weighted by molar-refractivity contribution is -0.139. The Hall–Kier alpha value is -0.180. The second kappa shape index (κ2) is 15.9. The van der Waals surface area contributed by atoms with E-state index < -0.39 is 5.97 Å². The number of thioether (sulfide) groups is 1. The van der Waals surface area contributed by atoms with E-state index in [4.69, 9.17) is 0 Å². The highest BCUT2D eigenvalue weighted by atomic mass is 32.2. The van der Waals surface area contributed by atoms with E-state index in [-0.39, 0.29) is 5.75 Å². The molecule has 0 fully saturated rings. The van der Waals surface area contributed by atoms with E-state index in [1.165, 1.54) is 82.4 Å². The zero-order valence-electron chi connectivity index (χ0n) is 12.6. The van der Waals surface area contributed by atoms with Crippen molar-refractivity contribution in [3.8, 4) is 0 Å². The third kappa shape index (κ3) is 17.8. The summed E-state index contributed by atoms with van der Waals surface area (Å²) in [6.07, 6.45) is 16.2. The smallest absolute Gasteiger partial charge is 0.246 e. The van der Waals surface area contributed by atoms with Gasteiger partial charge in [-0.25, -0.2) is 9.90 Å². The first-order chi connectivity index (χ1) is 9.27. The summed E-state index contributed by atoms with van der Waals surface area (Å²) in [5.74, 6) is 0.174. The van der Waals surface area contributed by atoms with Crippen LogP contribution in [0.5, 0.6) is 0 Å². The third-order valence-corrected chi connectivity index (χ3v) is 4.38. The molecule has 3 heteroatoms. The molecule has 0 aliphatic carbocycles. The molecule has 0 atom stereocenters. The average Bonchev–Trinajstić information content (AvgIpc) is 2.39. The second-order valence-corrected chi connectivity index (χ2v) is 6.42. The largest absolute Gasteiger partial charge is 0.365 e. The van der Waals surface area contributed by atoms with Crippen molar-refractivity contribution in [1.82, 2.24) is 0 Å². The first-order valence-corrected chi connectivity index (χ1v) is 9.20. The van der Waals surface area contributed by atoms with Gasteiger partial charge in [0.05, 0.1) is 5.75 Å². The first-order valence-electron chi connectivity index (χ1n) is 8.05. The molecular weight excluding hydrogens is 256 g/mol. The fourth-order valence-corrected chi connectivity index (χ4v) is 2.92. The zero-order valence-corrected chi connectivity index (χ0v) is 13.4. The third-order valence-electron chi connectivity index (χ3n) is 3.36. The van der Waals surface area contributed by atoms with Gasteiger partial charge in [-0.05, 0) is 12.2 Å². The van der Waals surface area contributed by atoms with Crippen molar-refractivity contribution in [3.05, 3.63) is 0 Å². The summed E-state index contributed by atoms with van der Waals surface area (Å²) in [5.41, 5.74) is 0. The predicted octanol–water partition coefficient (Wildman–Crippen LogP) is 5.38. The topological polar surface area (TPSA) is 37.0 Å². The summed E-state index contributed by atoms with van der Waals surface area (Å²) in [4.78, 5) is 10.2. The van der Waals surface area contributed by atoms with Crippen LogP contribution in [0.4, 0.5) is 0 Å². The van der Waals surface area contributed by atoms with E-state index in [1.54, 1.807) is 0 Å². The Bertz CT molecular complexity index is 195. The first kappa shape index (κ1) is 18.8. The van der Waals surface area contributed by atoms with Crippen LogP contribution in [0.3, 0.4) is 0 Å². The van der Waals surface area contributed by atoms with Crippen molar-refractivity contribution in [2.75, 3.05) is 11.5 Å². The Morgan fingerprint density at radius 3 is 1.58 bits per heavy atom. The van der Waals surface area contributed by atoms with Gasteiger partial charge in [-0.2, -0.15) is 0 Å². The molecule has 0 aromatic carbocycles. The van der Waals surface area contributed by atoms with Gasteiger partial charge in [-0.3, -0.25) is 0 Å². The van der Waals surface area contributed by atoms with Gasteiger partial charge < -0.3 is 0 Å². The van der Waals surface area contributed by atoms with Crippen molar-refractivity contribution in [1.29, 1.82) is 0 Å². The molecule has 0 saturated carbocycles. The lowest BCUT2D eigenvalue weighted by Gasteiger charge is -2.02. The van der Waals surface area contributed by atoms with Gasteiger partial charge in [0.2, 0.25) is 0 Å². The molecule has 0 amide bonds. The summed E-state index contributed by atoms with van der Waals surface area (Å²) >= 11 is 1.48. The Morgan fingerprint density at radius 2 is 1.16 bits per heavy atom. The predicted molar refractivity (Wildman–Crippen MR) is 84.1 cm³/mol. The van der Waals surface area contributed by atoms with Crippen LogP contribution in [0.25, 0.3) is 0 Å². The minimum Gasteiger partial charge on any atom is -0.246 e. The van der Waals surface area contributed by atoms with Crippen molar-refractivity contribution in [2.24, 2.45) is 0 Å². The molecule has 0 unspecified atom stereocenters. The van der Waals surface area contributed by atoms with Gasteiger partial charge in [-0.1, -0.05) is 77.6 Å². The summed E-state index contributed by atoms with van der Waals surface area (Å²) in [6, 6.07) is 0. The summed E-state index contributed by atoms with van der Waals surface area (Å²) < 4.78 is 0. The van der Waals surface area contributed by atoms with E-state index in [9.17, 15) is 9.90 Å². The molecule has 2 nitrogen and oxygen atoms in total. The molecule has 0 heterocycles. The van der Waals surface area contributed by atoms with E-state index in [2.05, 4.69) is 6.92 Å². The molecule has 0 aromatic rings. The Labute approximate surface area is 123 Å². The molecule has 0 bridgehead atoms. The lowest BCUT2D eigenvalue weighted by atomic mass is 10.1. The molecule has 0 saturated heterocycles. The monoisotopic (exact) mass is 287 g/mol. The van der Waals surface area contributed by atoms with Crippen LogP contribution < -0.4 is 0 Å². The van der Waals surface area contributed by atoms with Gasteiger partial charge in [0.15, 0.2) is 0 Å². The lowest BCUT2D eigenvalue weighted by Crippen LogP contribution is -1.96. The maximum Gasteiger partial charge on any atom is 0.365 e. The number of carbonyl (C=O) groups excluding carboxylic acids is 1. The minimum absolute atomic E-state index is 0.151. The number of hydrogen-bond acceptors (Lipinski definition) is 2. The number of unbranched alkanes of at least 4 members (excludes halogenated alkanes) is 11. The highest BCUT2D eigenvalue weighted by Gasteiger charge is 1.98. The standard InChI is InChI=1S/C16H31O2S/c1-2-3-4-5-6-7-8-9-10-11-12-13-14-19-15-16(17)18/h2-15H2,1H3. The van der Waals surface area contributed by atoms with E-state index in [0.29, 0.717) is 0 Å². The highest BCUT2D eigenvalue weighted by molar-refractivity contribution is 7.99. The quantitative estimate of drug-likeness (QED) is 0.379. The molecule has 113 valence electrons. The van der Waals surface area contributed by atoms with Crippen LogP contribution in [-0.2, 0) is 9.90 Å². The van der Waals surface area contributed by atoms with E-state index in [1.807, 2.05) is 0 Å². The summed E-state index contributed by atoms with van der Waals surface area (Å²) in [7, 11) is 0. The number of rotatable bonds is 15. The SMILES string of the molecule is CCCCCCCCCCCCCCSCC([O])=O. The summed E-state index contributed by atoms with van der Waals surface area (Å²) in [6.45, 7) is 2.26. The highest BCUT2D eigenvalue weighted by Crippen LogP contribution is 2.13. The van der Waals surface area contributed by atoms with Crippen LogP contribution in [0.1, 0.15) is 84.0 Å². The average molecular weight is 287 g/mol. The van der Waals surface area contributed by atoms with Gasteiger partial charge in [-0.15, -0.1) is 11.8 Å². The molecule has 0 aromatic heterocycles. The molecule has 0 aliphatic rings. The van der Waals surface area contributed by atoms with Crippen molar-refractivity contribution in [3.63, 3.8) is 0 Å². The fourth-order valence-electron chi connectivity index (χ4n) is 2.20. The van der Waals surface area contributed by atoms with Crippen LogP contribution in [0.2, 0.25) is 0 Å². The van der Waals surface area contributed by atoms with Gasteiger partial charge in [0.25, 0.3) is 0 Å². The molecule has 0 aliphatic heterocycles.